The summed E-state index contributed by atoms with van der Waals surface area (Å²) >= 11 is 0. The number of hydrogen-bond donors (Lipinski definition) is 2. The molecule has 86 valence electrons. The monoisotopic (exact) mass is 230 g/mol. The Labute approximate surface area is 98.2 Å². The fraction of sp³-hybridized carbons (Fsp3) is 0.250. The molecule has 17 heavy (non-hydrogen) atoms. The van der Waals surface area contributed by atoms with Gasteiger partial charge in [0.2, 0.25) is 0 Å². The molecule has 1 aromatic rings. The van der Waals surface area contributed by atoms with Gasteiger partial charge in [0.05, 0.1) is 18.6 Å². The van der Waals surface area contributed by atoms with Gasteiger partial charge in [-0.1, -0.05) is 18.2 Å². The van der Waals surface area contributed by atoms with Crippen molar-refractivity contribution in [1.82, 2.24) is 0 Å². The minimum Gasteiger partial charge on any atom is -0.385 e. The van der Waals surface area contributed by atoms with Crippen LogP contribution in [0.25, 0.3) is 0 Å². The Kier molecular flexibility index (Phi) is 4.36. The lowest BCUT2D eigenvalue weighted by Crippen LogP contribution is -2.16. The number of nitrogens with zero attached hydrogens (tertiary/aromatic N) is 2. The number of aliphatic hydroxyl groups is 2. The smallest absolute Gasteiger partial charge is 0.176 e. The van der Waals surface area contributed by atoms with E-state index in [1.807, 2.05) is 0 Å². The predicted molar refractivity (Wildman–Crippen MR) is 57.6 cm³/mol. The first kappa shape index (κ1) is 12.9. The Balaban J connectivity index is 2.98. The molecule has 0 aromatic heterocycles. The third-order valence-corrected chi connectivity index (χ3v) is 2.22. The maximum absolute atomic E-state index is 11.4. The molecular weight excluding hydrogens is 220 g/mol. The van der Waals surface area contributed by atoms with Gasteiger partial charge < -0.3 is 10.2 Å². The number of benzene rings is 1. The van der Waals surface area contributed by atoms with E-state index in [1.165, 1.54) is 30.3 Å². The Morgan fingerprint density at radius 3 is 2.65 bits per heavy atom. The van der Waals surface area contributed by atoms with E-state index in [4.69, 9.17) is 15.6 Å². The van der Waals surface area contributed by atoms with Gasteiger partial charge in [-0.15, -0.1) is 0 Å². The number of carbonyl (C=O) groups is 1. The van der Waals surface area contributed by atoms with Crippen LogP contribution in [0.15, 0.2) is 24.3 Å². The van der Waals surface area contributed by atoms with Crippen molar-refractivity contribution in [3.8, 4) is 12.1 Å². The van der Waals surface area contributed by atoms with Gasteiger partial charge in [-0.2, -0.15) is 10.5 Å². The second-order valence-corrected chi connectivity index (χ2v) is 3.40. The largest absolute Gasteiger partial charge is 0.385 e. The molecule has 0 saturated carbocycles. The predicted octanol–water partition coefficient (Wildman–Crippen LogP) is 0.701. The molecule has 2 N–H and O–H groups in total. The molecule has 5 nitrogen and oxygen atoms in total. The molecule has 0 bridgehead atoms. The number of carbonyl (C=O) groups excluding carboxylic acids is 1. The second-order valence-electron chi connectivity index (χ2n) is 3.40. The number of aliphatic hydroxyl groups excluding tert-OH is 2. The first-order valence-electron chi connectivity index (χ1n) is 4.86. The van der Waals surface area contributed by atoms with Gasteiger partial charge >= 0.3 is 0 Å². The van der Waals surface area contributed by atoms with E-state index >= 15 is 0 Å². The zero-order valence-corrected chi connectivity index (χ0v) is 8.87. The molecule has 1 rings (SSSR count). The molecule has 0 amide bonds. The molecule has 0 aliphatic rings. The van der Waals surface area contributed by atoms with Gasteiger partial charge in [0.1, 0.15) is 6.10 Å². The molecule has 0 radical (unpaired) electrons. The van der Waals surface area contributed by atoms with E-state index < -0.39 is 12.2 Å². The van der Waals surface area contributed by atoms with Gasteiger partial charge in [0.25, 0.3) is 0 Å². The van der Waals surface area contributed by atoms with Gasteiger partial charge in [-0.25, -0.2) is 0 Å². The molecule has 0 heterocycles. The van der Waals surface area contributed by atoms with Crippen LogP contribution < -0.4 is 0 Å². The highest BCUT2D eigenvalue weighted by Crippen LogP contribution is 2.18. The highest BCUT2D eigenvalue weighted by Gasteiger charge is 2.18. The average Bonchev–Trinajstić information content (AvgIpc) is 2.37. The maximum Gasteiger partial charge on any atom is 0.176 e. The molecule has 0 fully saturated rings. The molecule has 0 saturated heterocycles. The van der Waals surface area contributed by atoms with Gasteiger partial charge in [0.15, 0.2) is 11.9 Å². The van der Waals surface area contributed by atoms with Crippen LogP contribution in [0.3, 0.4) is 0 Å². The quantitative estimate of drug-likeness (QED) is 0.585. The molecule has 1 aromatic carbocycles. The van der Waals surface area contributed by atoms with Crippen LogP contribution in [0.2, 0.25) is 0 Å². The zero-order chi connectivity index (χ0) is 12.8. The van der Waals surface area contributed by atoms with Crippen LogP contribution in [0.5, 0.6) is 0 Å². The highest BCUT2D eigenvalue weighted by atomic mass is 16.3. The van der Waals surface area contributed by atoms with Crippen molar-refractivity contribution < 1.29 is 15.0 Å². The number of hydrogen-bond acceptors (Lipinski definition) is 5. The summed E-state index contributed by atoms with van der Waals surface area (Å²) in [7, 11) is 0. The molecule has 0 aliphatic carbocycles. The second kappa shape index (κ2) is 5.76. The zero-order valence-electron chi connectivity index (χ0n) is 8.87. The van der Waals surface area contributed by atoms with Crippen molar-refractivity contribution in [3.63, 3.8) is 0 Å². The Bertz CT molecular complexity index is 499. The van der Waals surface area contributed by atoms with Crippen molar-refractivity contribution in [2.45, 2.75) is 18.6 Å². The summed E-state index contributed by atoms with van der Waals surface area (Å²) in [4.78, 5) is 11.4. The fourth-order valence-electron chi connectivity index (χ4n) is 1.32. The average molecular weight is 230 g/mol. The minimum atomic E-state index is -1.55. The molecular formula is C12H10N2O3. The lowest BCUT2D eigenvalue weighted by molar-refractivity contribution is 0.0527. The van der Waals surface area contributed by atoms with Crippen molar-refractivity contribution >= 4 is 5.78 Å². The van der Waals surface area contributed by atoms with Crippen molar-refractivity contribution in [2.75, 3.05) is 0 Å². The first-order valence-corrected chi connectivity index (χ1v) is 4.86. The van der Waals surface area contributed by atoms with Crippen LogP contribution in [0, 0.1) is 22.7 Å². The molecule has 0 spiro atoms. The van der Waals surface area contributed by atoms with Gasteiger partial charge in [0, 0.05) is 5.56 Å². The van der Waals surface area contributed by atoms with Crippen LogP contribution in [-0.2, 0) is 0 Å². The SMILES string of the molecule is N#CCC(=O)c1cccc(C(O)C(O)C#N)c1. The maximum atomic E-state index is 11.4. The van der Waals surface area contributed by atoms with Crippen molar-refractivity contribution in [3.05, 3.63) is 35.4 Å². The van der Waals surface area contributed by atoms with E-state index in [0.29, 0.717) is 0 Å². The third-order valence-electron chi connectivity index (χ3n) is 2.22. The van der Waals surface area contributed by atoms with Gasteiger partial charge in [-0.3, -0.25) is 4.79 Å². The van der Waals surface area contributed by atoms with Gasteiger partial charge in [-0.05, 0) is 11.6 Å². The van der Waals surface area contributed by atoms with Crippen molar-refractivity contribution in [1.29, 1.82) is 10.5 Å². The topological polar surface area (TPSA) is 105 Å². The fourth-order valence-corrected chi connectivity index (χ4v) is 1.32. The lowest BCUT2D eigenvalue weighted by Gasteiger charge is -2.12. The van der Waals surface area contributed by atoms with Crippen LogP contribution in [-0.4, -0.2) is 22.1 Å². The molecule has 2 atom stereocenters. The molecule has 0 aliphatic heterocycles. The summed E-state index contributed by atoms with van der Waals surface area (Å²) in [6.07, 6.45) is -3.16. The number of Topliss-reactive ketones (excluding diaryl/α,β-unsaturated/α-hetero) is 1. The van der Waals surface area contributed by atoms with E-state index in [0.717, 1.165) is 0 Å². The van der Waals surface area contributed by atoms with E-state index in [-0.39, 0.29) is 23.3 Å². The number of ketones is 1. The highest BCUT2D eigenvalue weighted by molar-refractivity contribution is 5.97. The Morgan fingerprint density at radius 1 is 1.35 bits per heavy atom. The van der Waals surface area contributed by atoms with E-state index in [1.54, 1.807) is 6.07 Å². The summed E-state index contributed by atoms with van der Waals surface area (Å²) < 4.78 is 0. The number of rotatable bonds is 4. The van der Waals surface area contributed by atoms with E-state index in [9.17, 15) is 9.90 Å². The first-order chi connectivity index (χ1) is 8.10. The summed E-state index contributed by atoms with van der Waals surface area (Å²) in [5.41, 5.74) is 0.538. The van der Waals surface area contributed by atoms with Crippen molar-refractivity contribution in [2.24, 2.45) is 0 Å². The lowest BCUT2D eigenvalue weighted by atomic mass is 10.00. The normalized spacial score (nSPS) is 13.2. The van der Waals surface area contributed by atoms with Crippen LogP contribution >= 0.6 is 0 Å². The summed E-state index contributed by atoms with van der Waals surface area (Å²) in [6, 6.07) is 9.13. The summed E-state index contributed by atoms with van der Waals surface area (Å²) in [6.45, 7) is 0. The minimum absolute atomic E-state index is 0.250. The summed E-state index contributed by atoms with van der Waals surface area (Å²) in [5, 5.41) is 35.6. The number of nitriles is 2. The van der Waals surface area contributed by atoms with Crippen LogP contribution in [0.4, 0.5) is 0 Å². The molecule has 5 heteroatoms. The van der Waals surface area contributed by atoms with E-state index in [2.05, 4.69) is 0 Å². The van der Waals surface area contributed by atoms with Crippen LogP contribution in [0.1, 0.15) is 28.4 Å². The third kappa shape index (κ3) is 3.12. The summed E-state index contributed by atoms with van der Waals surface area (Å²) in [5.74, 6) is -0.368. The Hall–Kier alpha value is -2.21. The standard InChI is InChI=1S/C12H10N2O3/c13-5-4-10(15)8-2-1-3-9(6-8)12(17)11(16)7-14/h1-3,6,11-12,16-17H,4H2. The molecule has 2 unspecified atom stereocenters. The Morgan fingerprint density at radius 2 is 2.06 bits per heavy atom.